The number of aromatic amines is 1. The van der Waals surface area contributed by atoms with E-state index in [4.69, 9.17) is 0 Å². The van der Waals surface area contributed by atoms with E-state index in [9.17, 15) is 4.79 Å². The van der Waals surface area contributed by atoms with Crippen LogP contribution in [0.15, 0.2) is 23.1 Å². The van der Waals surface area contributed by atoms with Crippen LogP contribution in [-0.2, 0) is 4.79 Å². The van der Waals surface area contributed by atoms with Gasteiger partial charge in [-0.15, -0.1) is 11.8 Å². The summed E-state index contributed by atoms with van der Waals surface area (Å²) in [5.74, 6) is 0.385. The predicted octanol–water partition coefficient (Wildman–Crippen LogP) is 3.37. The van der Waals surface area contributed by atoms with Gasteiger partial charge in [-0.1, -0.05) is 17.7 Å². The number of anilines is 1. The van der Waals surface area contributed by atoms with Crippen LogP contribution in [-0.4, -0.2) is 21.9 Å². The Bertz CT molecular complexity index is 615. The van der Waals surface area contributed by atoms with Gasteiger partial charge in [0.25, 0.3) is 0 Å². The van der Waals surface area contributed by atoms with Crippen molar-refractivity contribution in [3.8, 4) is 0 Å². The van der Waals surface area contributed by atoms with Crippen LogP contribution < -0.4 is 5.32 Å². The first-order valence-corrected chi connectivity index (χ1v) is 7.47. The number of amides is 1. The fourth-order valence-corrected chi connectivity index (χ4v) is 2.90. The number of hydrogen-bond donors (Lipinski definition) is 2. The largest absolute Gasteiger partial charge is 0.325 e. The van der Waals surface area contributed by atoms with Crippen molar-refractivity contribution in [1.29, 1.82) is 0 Å². The van der Waals surface area contributed by atoms with E-state index in [0.29, 0.717) is 5.75 Å². The highest BCUT2D eigenvalue weighted by atomic mass is 32.2. The van der Waals surface area contributed by atoms with E-state index in [1.807, 2.05) is 39.8 Å². The summed E-state index contributed by atoms with van der Waals surface area (Å²) in [5, 5.41) is 10.00. The highest BCUT2D eigenvalue weighted by Gasteiger charge is 2.10. The van der Waals surface area contributed by atoms with Gasteiger partial charge < -0.3 is 5.32 Å². The number of nitrogens with zero attached hydrogens (tertiary/aromatic N) is 1. The monoisotopic (exact) mass is 289 g/mol. The quantitative estimate of drug-likeness (QED) is 0.848. The van der Waals surface area contributed by atoms with Crippen LogP contribution in [0.2, 0.25) is 0 Å². The molecule has 5 heteroatoms. The van der Waals surface area contributed by atoms with E-state index in [2.05, 4.69) is 21.6 Å². The minimum absolute atomic E-state index is 0.00181. The zero-order chi connectivity index (χ0) is 14.7. The molecule has 1 heterocycles. The van der Waals surface area contributed by atoms with Crippen molar-refractivity contribution in [2.45, 2.75) is 32.6 Å². The fraction of sp³-hybridized carbons (Fsp3) is 0.333. The Balaban J connectivity index is 1.96. The average Bonchev–Trinajstić information content (AvgIpc) is 2.70. The van der Waals surface area contributed by atoms with E-state index >= 15 is 0 Å². The van der Waals surface area contributed by atoms with Gasteiger partial charge in [0.2, 0.25) is 5.91 Å². The van der Waals surface area contributed by atoms with E-state index in [-0.39, 0.29) is 5.91 Å². The Morgan fingerprint density at radius 3 is 2.65 bits per heavy atom. The lowest BCUT2D eigenvalue weighted by molar-refractivity contribution is -0.113. The first-order chi connectivity index (χ1) is 9.47. The minimum atomic E-state index is 0.00181. The molecule has 2 N–H and O–H groups in total. The van der Waals surface area contributed by atoms with Crippen LogP contribution in [0.25, 0.3) is 0 Å². The fourth-order valence-electron chi connectivity index (χ4n) is 2.03. The molecule has 0 fully saturated rings. The standard InChI is InChI=1S/C15H19N3OS/c1-9-5-6-13(10(2)7-9)16-14(19)8-20-15-11(3)17-18-12(15)4/h5-7H,8H2,1-4H3,(H,16,19)(H,17,18). The number of nitrogens with one attached hydrogen (secondary N) is 2. The number of aromatic nitrogens is 2. The van der Waals surface area contributed by atoms with Crippen molar-refractivity contribution in [2.75, 3.05) is 11.1 Å². The van der Waals surface area contributed by atoms with E-state index in [1.165, 1.54) is 17.3 Å². The summed E-state index contributed by atoms with van der Waals surface area (Å²) in [4.78, 5) is 13.1. The highest BCUT2D eigenvalue weighted by Crippen LogP contribution is 2.24. The number of rotatable bonds is 4. The number of carbonyl (C=O) groups is 1. The SMILES string of the molecule is Cc1ccc(NC(=O)CSc2c(C)n[nH]c2C)c(C)c1. The van der Waals surface area contributed by atoms with Crippen LogP contribution in [0, 0.1) is 27.7 Å². The molecular formula is C15H19N3OS. The summed E-state index contributed by atoms with van der Waals surface area (Å²) in [6, 6.07) is 6.01. The molecule has 0 saturated carbocycles. The van der Waals surface area contributed by atoms with Crippen LogP contribution in [0.4, 0.5) is 5.69 Å². The minimum Gasteiger partial charge on any atom is -0.325 e. The molecule has 2 rings (SSSR count). The number of thioether (sulfide) groups is 1. The summed E-state index contributed by atoms with van der Waals surface area (Å²) < 4.78 is 0. The Labute approximate surface area is 123 Å². The van der Waals surface area contributed by atoms with E-state index in [0.717, 1.165) is 27.5 Å². The zero-order valence-corrected chi connectivity index (χ0v) is 13.0. The van der Waals surface area contributed by atoms with E-state index in [1.54, 1.807) is 0 Å². The van der Waals surface area contributed by atoms with Gasteiger partial charge in [0, 0.05) is 11.4 Å². The maximum absolute atomic E-state index is 12.0. The second-order valence-corrected chi connectivity index (χ2v) is 5.90. The average molecular weight is 289 g/mol. The second kappa shape index (κ2) is 6.13. The third-order valence-corrected chi connectivity index (χ3v) is 4.36. The molecule has 0 aliphatic carbocycles. The van der Waals surface area contributed by atoms with Crippen molar-refractivity contribution in [3.05, 3.63) is 40.7 Å². The van der Waals surface area contributed by atoms with E-state index < -0.39 is 0 Å². The van der Waals surface area contributed by atoms with Gasteiger partial charge in [0.05, 0.1) is 16.3 Å². The molecule has 0 saturated heterocycles. The van der Waals surface area contributed by atoms with Gasteiger partial charge in [0.1, 0.15) is 0 Å². The highest BCUT2D eigenvalue weighted by molar-refractivity contribution is 8.00. The Morgan fingerprint density at radius 2 is 2.05 bits per heavy atom. The molecule has 0 aliphatic rings. The third kappa shape index (κ3) is 3.42. The number of hydrogen-bond acceptors (Lipinski definition) is 3. The molecule has 4 nitrogen and oxygen atoms in total. The van der Waals surface area contributed by atoms with Crippen molar-refractivity contribution in [3.63, 3.8) is 0 Å². The second-order valence-electron chi connectivity index (χ2n) is 4.92. The summed E-state index contributed by atoms with van der Waals surface area (Å²) in [5.41, 5.74) is 5.10. The molecule has 1 aromatic heterocycles. The first kappa shape index (κ1) is 14.7. The van der Waals surface area contributed by atoms with Gasteiger partial charge in [0.15, 0.2) is 0 Å². The molecule has 0 aliphatic heterocycles. The lowest BCUT2D eigenvalue weighted by Crippen LogP contribution is -2.15. The zero-order valence-electron chi connectivity index (χ0n) is 12.2. The van der Waals surface area contributed by atoms with Crippen LogP contribution in [0.3, 0.4) is 0 Å². The van der Waals surface area contributed by atoms with Crippen LogP contribution in [0.1, 0.15) is 22.5 Å². The Kier molecular flexibility index (Phi) is 4.49. The van der Waals surface area contributed by atoms with Crippen molar-refractivity contribution in [1.82, 2.24) is 10.2 Å². The van der Waals surface area contributed by atoms with Gasteiger partial charge in [-0.05, 0) is 39.3 Å². The molecule has 0 atom stereocenters. The molecule has 0 radical (unpaired) electrons. The predicted molar refractivity (Wildman–Crippen MR) is 83.3 cm³/mol. The van der Waals surface area contributed by atoms with Crippen molar-refractivity contribution >= 4 is 23.4 Å². The summed E-state index contributed by atoms with van der Waals surface area (Å²) in [6.45, 7) is 7.94. The van der Waals surface area contributed by atoms with Gasteiger partial charge in [-0.2, -0.15) is 5.10 Å². The molecule has 106 valence electrons. The number of H-pyrrole nitrogens is 1. The molecule has 1 amide bonds. The van der Waals surface area contributed by atoms with Gasteiger partial charge in [-0.3, -0.25) is 9.89 Å². The molecule has 0 bridgehead atoms. The topological polar surface area (TPSA) is 57.8 Å². The molecule has 1 aromatic carbocycles. The first-order valence-electron chi connectivity index (χ1n) is 6.49. The molecule has 2 aromatic rings. The summed E-state index contributed by atoms with van der Waals surface area (Å²) in [6.07, 6.45) is 0. The van der Waals surface area contributed by atoms with Gasteiger partial charge in [-0.25, -0.2) is 0 Å². The lowest BCUT2D eigenvalue weighted by atomic mass is 10.1. The molecule has 0 spiro atoms. The van der Waals surface area contributed by atoms with Crippen molar-refractivity contribution < 1.29 is 4.79 Å². The van der Waals surface area contributed by atoms with Crippen LogP contribution >= 0.6 is 11.8 Å². The maximum atomic E-state index is 12.0. The Hall–Kier alpha value is -1.75. The number of aryl methyl sites for hydroxylation is 4. The third-order valence-electron chi connectivity index (χ3n) is 3.06. The van der Waals surface area contributed by atoms with Gasteiger partial charge >= 0.3 is 0 Å². The summed E-state index contributed by atoms with van der Waals surface area (Å²) in [7, 11) is 0. The number of carbonyl (C=O) groups excluding carboxylic acids is 1. The lowest BCUT2D eigenvalue weighted by Gasteiger charge is -2.09. The molecular weight excluding hydrogens is 270 g/mol. The molecule has 20 heavy (non-hydrogen) atoms. The number of benzene rings is 1. The normalized spacial score (nSPS) is 10.6. The Morgan fingerprint density at radius 1 is 1.30 bits per heavy atom. The smallest absolute Gasteiger partial charge is 0.234 e. The van der Waals surface area contributed by atoms with Crippen molar-refractivity contribution in [2.24, 2.45) is 0 Å². The maximum Gasteiger partial charge on any atom is 0.234 e. The van der Waals surface area contributed by atoms with Crippen LogP contribution in [0.5, 0.6) is 0 Å². The molecule has 0 unspecified atom stereocenters. The summed E-state index contributed by atoms with van der Waals surface area (Å²) >= 11 is 1.51.